The molecule has 0 saturated heterocycles. The van der Waals surface area contributed by atoms with Gasteiger partial charge in [0.2, 0.25) is 5.91 Å². The molecule has 1 N–H and O–H groups in total. The number of anilines is 1. The Morgan fingerprint density at radius 1 is 1.35 bits per heavy atom. The zero-order chi connectivity index (χ0) is 18.8. The predicted molar refractivity (Wildman–Crippen MR) is 107 cm³/mol. The summed E-state index contributed by atoms with van der Waals surface area (Å²) in [6.07, 6.45) is 0. The number of aromatic nitrogens is 3. The van der Waals surface area contributed by atoms with Gasteiger partial charge in [-0.15, -0.1) is 0 Å². The van der Waals surface area contributed by atoms with Crippen molar-refractivity contribution in [3.63, 3.8) is 0 Å². The molecule has 7 heteroatoms. The first-order valence-corrected chi connectivity index (χ1v) is 9.58. The summed E-state index contributed by atoms with van der Waals surface area (Å²) in [6.45, 7) is 9.20. The van der Waals surface area contributed by atoms with Gasteiger partial charge in [-0.05, 0) is 37.5 Å². The number of nitrogens with zero attached hydrogens (tertiary/aromatic N) is 4. The number of hydrogen-bond donors (Lipinski definition) is 1. The third-order valence-electron chi connectivity index (χ3n) is 4.04. The normalized spacial score (nSPS) is 11.3. The Kier molecular flexibility index (Phi) is 5.27. The summed E-state index contributed by atoms with van der Waals surface area (Å²) in [6, 6.07) is 8.20. The lowest BCUT2D eigenvalue weighted by molar-refractivity contribution is -0.119. The number of amides is 1. The second-order valence-electron chi connectivity index (χ2n) is 7.04. The van der Waals surface area contributed by atoms with Crippen LogP contribution in [0.25, 0.3) is 16.0 Å². The maximum absolute atomic E-state index is 12.1. The molecule has 0 aliphatic heterocycles. The predicted octanol–water partition coefficient (Wildman–Crippen LogP) is 3.31. The molecule has 0 radical (unpaired) electrons. The van der Waals surface area contributed by atoms with Gasteiger partial charge in [-0.2, -0.15) is 10.1 Å². The van der Waals surface area contributed by atoms with E-state index in [0.717, 1.165) is 26.9 Å². The molecule has 26 heavy (non-hydrogen) atoms. The molecule has 3 aromatic rings. The van der Waals surface area contributed by atoms with Crippen molar-refractivity contribution in [3.05, 3.63) is 35.5 Å². The Balaban J connectivity index is 1.85. The first-order valence-electron chi connectivity index (χ1n) is 8.76. The van der Waals surface area contributed by atoms with Gasteiger partial charge in [0, 0.05) is 13.6 Å². The van der Waals surface area contributed by atoms with Crippen LogP contribution in [0.1, 0.15) is 25.1 Å². The molecule has 2 aromatic heterocycles. The van der Waals surface area contributed by atoms with E-state index in [4.69, 9.17) is 4.98 Å². The van der Waals surface area contributed by atoms with Crippen LogP contribution in [-0.2, 0) is 4.79 Å². The standard InChI is InChI=1S/C19H25N5OS/c1-12(2)10-20-16(25)11-23(5)19-21-18-17(26-19)14(4)22-24(18)15-8-6-7-13(3)9-15/h6-9,12H,10-11H2,1-5H3,(H,20,25). The molecule has 0 aliphatic carbocycles. The second-order valence-corrected chi connectivity index (χ2v) is 8.02. The average Bonchev–Trinajstić information content (AvgIpc) is 3.14. The monoisotopic (exact) mass is 371 g/mol. The Labute approximate surface area is 157 Å². The molecular formula is C19H25N5OS. The fourth-order valence-corrected chi connectivity index (χ4v) is 3.63. The van der Waals surface area contributed by atoms with E-state index in [9.17, 15) is 4.79 Å². The van der Waals surface area contributed by atoms with E-state index in [1.54, 1.807) is 11.3 Å². The number of rotatable bonds is 6. The molecule has 138 valence electrons. The van der Waals surface area contributed by atoms with Crippen LogP contribution in [0, 0.1) is 19.8 Å². The Bertz CT molecular complexity index is 927. The van der Waals surface area contributed by atoms with Crippen LogP contribution < -0.4 is 10.2 Å². The molecule has 3 rings (SSSR count). The number of benzene rings is 1. The van der Waals surface area contributed by atoms with Crippen molar-refractivity contribution in [1.29, 1.82) is 0 Å². The van der Waals surface area contributed by atoms with E-state index < -0.39 is 0 Å². The van der Waals surface area contributed by atoms with Crippen molar-refractivity contribution in [2.24, 2.45) is 5.92 Å². The summed E-state index contributed by atoms with van der Waals surface area (Å²) in [7, 11) is 1.90. The molecule has 1 aromatic carbocycles. The van der Waals surface area contributed by atoms with Crippen LogP contribution in [0.3, 0.4) is 0 Å². The number of carbonyl (C=O) groups is 1. The first kappa shape index (κ1) is 18.4. The Hall–Kier alpha value is -2.41. The van der Waals surface area contributed by atoms with Crippen molar-refractivity contribution in [2.75, 3.05) is 25.0 Å². The number of hydrogen-bond acceptors (Lipinski definition) is 5. The van der Waals surface area contributed by atoms with Gasteiger partial charge < -0.3 is 10.2 Å². The third kappa shape index (κ3) is 3.88. The van der Waals surface area contributed by atoms with Crippen LogP contribution >= 0.6 is 11.3 Å². The second kappa shape index (κ2) is 7.45. The lowest BCUT2D eigenvalue weighted by Crippen LogP contribution is -2.36. The zero-order valence-electron chi connectivity index (χ0n) is 15.9. The fraction of sp³-hybridized carbons (Fsp3) is 0.421. The van der Waals surface area contributed by atoms with Gasteiger partial charge >= 0.3 is 0 Å². The number of nitrogens with one attached hydrogen (secondary N) is 1. The SMILES string of the molecule is Cc1cccc(-n2nc(C)c3sc(N(C)CC(=O)NCC(C)C)nc32)c1. The van der Waals surface area contributed by atoms with Crippen LogP contribution in [0.2, 0.25) is 0 Å². The summed E-state index contributed by atoms with van der Waals surface area (Å²) in [4.78, 5) is 18.7. The van der Waals surface area contributed by atoms with Gasteiger partial charge in [-0.25, -0.2) is 4.68 Å². The van der Waals surface area contributed by atoms with Crippen LogP contribution in [-0.4, -0.2) is 40.8 Å². The number of thiazole rings is 1. The first-order chi connectivity index (χ1) is 12.3. The van der Waals surface area contributed by atoms with Crippen molar-refractivity contribution in [3.8, 4) is 5.69 Å². The van der Waals surface area contributed by atoms with Crippen molar-refractivity contribution in [1.82, 2.24) is 20.1 Å². The average molecular weight is 372 g/mol. The molecule has 0 unspecified atom stereocenters. The number of carbonyl (C=O) groups excluding carboxylic acids is 1. The molecule has 2 heterocycles. The van der Waals surface area contributed by atoms with Crippen LogP contribution in [0.4, 0.5) is 5.13 Å². The van der Waals surface area contributed by atoms with Gasteiger partial charge in [-0.3, -0.25) is 4.79 Å². The van der Waals surface area contributed by atoms with Crippen LogP contribution in [0.5, 0.6) is 0 Å². The van der Waals surface area contributed by atoms with E-state index in [0.29, 0.717) is 19.0 Å². The lowest BCUT2D eigenvalue weighted by Gasteiger charge is -2.16. The van der Waals surface area contributed by atoms with Crippen LogP contribution in [0.15, 0.2) is 24.3 Å². The molecule has 0 saturated carbocycles. The number of fused-ring (bicyclic) bond motifs is 1. The summed E-state index contributed by atoms with van der Waals surface area (Å²) in [5, 5.41) is 8.40. The minimum absolute atomic E-state index is 0.0116. The quantitative estimate of drug-likeness (QED) is 0.722. The summed E-state index contributed by atoms with van der Waals surface area (Å²) in [5.41, 5.74) is 3.96. The van der Waals surface area contributed by atoms with Crippen molar-refractivity contribution in [2.45, 2.75) is 27.7 Å². The van der Waals surface area contributed by atoms with Gasteiger partial charge in [0.15, 0.2) is 10.8 Å². The highest BCUT2D eigenvalue weighted by molar-refractivity contribution is 7.22. The third-order valence-corrected chi connectivity index (χ3v) is 5.31. The largest absolute Gasteiger partial charge is 0.354 e. The minimum atomic E-state index is 0.0116. The molecule has 0 atom stereocenters. The molecule has 6 nitrogen and oxygen atoms in total. The summed E-state index contributed by atoms with van der Waals surface area (Å²) >= 11 is 1.57. The van der Waals surface area contributed by atoms with Gasteiger partial charge in [0.25, 0.3) is 0 Å². The van der Waals surface area contributed by atoms with E-state index in [2.05, 4.69) is 43.3 Å². The smallest absolute Gasteiger partial charge is 0.239 e. The van der Waals surface area contributed by atoms with Crippen molar-refractivity contribution < 1.29 is 4.79 Å². The number of likely N-dealkylation sites (N-methyl/N-ethyl adjacent to an activating group) is 1. The number of aryl methyl sites for hydroxylation is 2. The lowest BCUT2D eigenvalue weighted by atomic mass is 10.2. The highest BCUT2D eigenvalue weighted by atomic mass is 32.1. The van der Waals surface area contributed by atoms with E-state index in [1.165, 1.54) is 5.56 Å². The zero-order valence-corrected chi connectivity index (χ0v) is 16.7. The summed E-state index contributed by atoms with van der Waals surface area (Å²) < 4.78 is 2.93. The van der Waals surface area contributed by atoms with E-state index in [1.807, 2.05) is 35.7 Å². The maximum Gasteiger partial charge on any atom is 0.239 e. The molecule has 0 fully saturated rings. The fourth-order valence-electron chi connectivity index (χ4n) is 2.68. The van der Waals surface area contributed by atoms with Crippen molar-refractivity contribution >= 4 is 32.7 Å². The van der Waals surface area contributed by atoms with E-state index >= 15 is 0 Å². The maximum atomic E-state index is 12.1. The molecule has 0 spiro atoms. The summed E-state index contributed by atoms with van der Waals surface area (Å²) in [5.74, 6) is 0.451. The highest BCUT2D eigenvalue weighted by Crippen LogP contribution is 2.32. The highest BCUT2D eigenvalue weighted by Gasteiger charge is 2.18. The van der Waals surface area contributed by atoms with E-state index in [-0.39, 0.29) is 5.91 Å². The Morgan fingerprint density at radius 2 is 2.12 bits per heavy atom. The Morgan fingerprint density at radius 3 is 2.81 bits per heavy atom. The van der Waals surface area contributed by atoms with Gasteiger partial charge in [0.05, 0.1) is 22.6 Å². The molecule has 0 aliphatic rings. The molecule has 1 amide bonds. The topological polar surface area (TPSA) is 63.1 Å². The van der Waals surface area contributed by atoms with Gasteiger partial charge in [-0.1, -0.05) is 37.3 Å². The molecule has 0 bridgehead atoms. The molecular weight excluding hydrogens is 346 g/mol. The van der Waals surface area contributed by atoms with Gasteiger partial charge in [0.1, 0.15) is 0 Å². The minimum Gasteiger partial charge on any atom is -0.354 e.